The van der Waals surface area contributed by atoms with Crippen LogP contribution in [0.4, 0.5) is 4.79 Å². The van der Waals surface area contributed by atoms with Crippen molar-refractivity contribution in [3.8, 4) is 0 Å². The molecule has 0 aromatic heterocycles. The van der Waals surface area contributed by atoms with Crippen LogP contribution in [0.25, 0.3) is 0 Å². The first kappa shape index (κ1) is 14.9. The summed E-state index contributed by atoms with van der Waals surface area (Å²) >= 11 is 0. The maximum Gasteiger partial charge on any atom is 0.315 e. The number of urea groups is 1. The van der Waals surface area contributed by atoms with Gasteiger partial charge in [-0.3, -0.25) is 0 Å². The number of methoxy groups -OCH3 is 1. The smallest absolute Gasteiger partial charge is 0.315 e. The maximum absolute atomic E-state index is 11.9. The standard InChI is InChI=1S/C16H24N2O2/c1-3-14(11-20-2)17-16(19)18-15-9-13(10-15)12-7-5-4-6-8-12/h4-8,13-15H,3,9-11H2,1-2H3,(H2,17,18,19)/t13?,14-,15?/m1/s1. The van der Waals surface area contributed by atoms with Gasteiger partial charge in [-0.25, -0.2) is 4.79 Å². The predicted octanol–water partition coefficient (Wildman–Crippen LogP) is 2.66. The van der Waals surface area contributed by atoms with Crippen molar-refractivity contribution in [1.29, 1.82) is 0 Å². The molecular formula is C16H24N2O2. The van der Waals surface area contributed by atoms with E-state index in [4.69, 9.17) is 4.74 Å². The third-order valence-electron chi connectivity index (χ3n) is 3.94. The van der Waals surface area contributed by atoms with Crippen LogP contribution in [0.5, 0.6) is 0 Å². The molecule has 0 saturated heterocycles. The average Bonchev–Trinajstić information content (AvgIpc) is 2.43. The summed E-state index contributed by atoms with van der Waals surface area (Å²) in [4.78, 5) is 11.9. The van der Waals surface area contributed by atoms with Crippen LogP contribution in [0.3, 0.4) is 0 Å². The molecule has 2 amide bonds. The highest BCUT2D eigenvalue weighted by molar-refractivity contribution is 5.74. The Hall–Kier alpha value is -1.55. The lowest BCUT2D eigenvalue weighted by Gasteiger charge is -2.36. The first-order valence-electron chi connectivity index (χ1n) is 7.33. The van der Waals surface area contributed by atoms with E-state index in [0.717, 1.165) is 19.3 Å². The lowest BCUT2D eigenvalue weighted by Crippen LogP contribution is -2.50. The molecule has 1 aliphatic rings. The number of rotatable bonds is 6. The quantitative estimate of drug-likeness (QED) is 0.839. The minimum atomic E-state index is -0.0783. The zero-order chi connectivity index (χ0) is 14.4. The van der Waals surface area contributed by atoms with Crippen LogP contribution in [0.15, 0.2) is 30.3 Å². The second-order valence-corrected chi connectivity index (χ2v) is 5.45. The highest BCUT2D eigenvalue weighted by Gasteiger charge is 2.31. The lowest BCUT2D eigenvalue weighted by atomic mass is 9.76. The molecule has 1 aromatic rings. The summed E-state index contributed by atoms with van der Waals surface area (Å²) in [5.74, 6) is 0.586. The van der Waals surface area contributed by atoms with Gasteiger partial charge in [-0.2, -0.15) is 0 Å². The van der Waals surface area contributed by atoms with Crippen LogP contribution >= 0.6 is 0 Å². The first-order valence-corrected chi connectivity index (χ1v) is 7.33. The second kappa shape index (κ2) is 7.29. The fourth-order valence-electron chi connectivity index (χ4n) is 2.61. The Kier molecular flexibility index (Phi) is 5.41. The fraction of sp³-hybridized carbons (Fsp3) is 0.562. The number of hydrogen-bond donors (Lipinski definition) is 2. The van der Waals surface area contributed by atoms with Crippen molar-refractivity contribution in [2.75, 3.05) is 13.7 Å². The predicted molar refractivity (Wildman–Crippen MR) is 79.8 cm³/mol. The van der Waals surface area contributed by atoms with Gasteiger partial charge in [-0.15, -0.1) is 0 Å². The van der Waals surface area contributed by atoms with Crippen molar-refractivity contribution in [3.05, 3.63) is 35.9 Å². The van der Waals surface area contributed by atoms with E-state index in [-0.39, 0.29) is 12.1 Å². The number of amides is 2. The van der Waals surface area contributed by atoms with Crippen LogP contribution in [-0.4, -0.2) is 31.8 Å². The van der Waals surface area contributed by atoms with Gasteiger partial charge in [0.1, 0.15) is 0 Å². The molecular weight excluding hydrogens is 252 g/mol. The van der Waals surface area contributed by atoms with Gasteiger partial charge in [-0.1, -0.05) is 37.3 Å². The Morgan fingerprint density at radius 1 is 1.35 bits per heavy atom. The summed E-state index contributed by atoms with van der Waals surface area (Å²) in [7, 11) is 1.65. The van der Waals surface area contributed by atoms with Gasteiger partial charge in [-0.05, 0) is 30.7 Å². The van der Waals surface area contributed by atoms with Gasteiger partial charge < -0.3 is 15.4 Å². The van der Waals surface area contributed by atoms with Gasteiger partial charge in [0.05, 0.1) is 12.6 Å². The van der Waals surface area contributed by atoms with Crippen molar-refractivity contribution >= 4 is 6.03 Å². The van der Waals surface area contributed by atoms with E-state index >= 15 is 0 Å². The monoisotopic (exact) mass is 276 g/mol. The Morgan fingerprint density at radius 3 is 2.65 bits per heavy atom. The van der Waals surface area contributed by atoms with Gasteiger partial charge in [0.15, 0.2) is 0 Å². The summed E-state index contributed by atoms with van der Waals surface area (Å²) in [6.07, 6.45) is 2.93. The van der Waals surface area contributed by atoms with Crippen LogP contribution < -0.4 is 10.6 Å². The Balaban J connectivity index is 1.70. The van der Waals surface area contributed by atoms with E-state index in [1.165, 1.54) is 5.56 Å². The zero-order valence-corrected chi connectivity index (χ0v) is 12.3. The van der Waals surface area contributed by atoms with E-state index in [9.17, 15) is 4.79 Å². The second-order valence-electron chi connectivity index (χ2n) is 5.45. The molecule has 110 valence electrons. The summed E-state index contributed by atoms with van der Waals surface area (Å²) in [5.41, 5.74) is 1.37. The molecule has 2 rings (SSSR count). The first-order chi connectivity index (χ1) is 9.72. The van der Waals surface area contributed by atoms with Crippen LogP contribution in [0, 0.1) is 0 Å². The molecule has 1 atom stereocenters. The van der Waals surface area contributed by atoms with Gasteiger partial charge >= 0.3 is 6.03 Å². The molecule has 1 aromatic carbocycles. The summed E-state index contributed by atoms with van der Waals surface area (Å²) in [5, 5.41) is 5.98. The molecule has 0 heterocycles. The van der Waals surface area contributed by atoms with Gasteiger partial charge in [0, 0.05) is 13.2 Å². The molecule has 0 unspecified atom stereocenters. The molecule has 4 nitrogen and oxygen atoms in total. The normalized spacial score (nSPS) is 22.7. The van der Waals surface area contributed by atoms with Crippen LogP contribution in [-0.2, 0) is 4.74 Å². The Bertz CT molecular complexity index is 416. The van der Waals surface area contributed by atoms with Crippen LogP contribution in [0.1, 0.15) is 37.7 Å². The van der Waals surface area contributed by atoms with Crippen LogP contribution in [0.2, 0.25) is 0 Å². The average molecular weight is 276 g/mol. The van der Waals surface area contributed by atoms with E-state index in [1.807, 2.05) is 13.0 Å². The third kappa shape index (κ3) is 3.97. The van der Waals surface area contributed by atoms with Crippen molar-refractivity contribution in [2.45, 2.75) is 44.2 Å². The molecule has 0 bridgehead atoms. The minimum absolute atomic E-state index is 0.0783. The highest BCUT2D eigenvalue weighted by Crippen LogP contribution is 2.36. The Morgan fingerprint density at radius 2 is 2.05 bits per heavy atom. The van der Waals surface area contributed by atoms with Gasteiger partial charge in [0.25, 0.3) is 0 Å². The van der Waals surface area contributed by atoms with E-state index in [2.05, 4.69) is 34.9 Å². The fourth-order valence-corrected chi connectivity index (χ4v) is 2.61. The SMILES string of the molecule is CC[C@H](COC)NC(=O)NC1CC(c2ccccc2)C1. The molecule has 1 saturated carbocycles. The third-order valence-corrected chi connectivity index (χ3v) is 3.94. The van der Waals surface area contributed by atoms with Gasteiger partial charge in [0.2, 0.25) is 0 Å². The van der Waals surface area contributed by atoms with Crippen molar-refractivity contribution < 1.29 is 9.53 Å². The Labute approximate surface area is 120 Å². The summed E-state index contributed by atoms with van der Waals surface area (Å²) in [6, 6.07) is 10.8. The topological polar surface area (TPSA) is 50.4 Å². The molecule has 1 fully saturated rings. The summed E-state index contributed by atoms with van der Waals surface area (Å²) < 4.78 is 5.07. The maximum atomic E-state index is 11.9. The molecule has 20 heavy (non-hydrogen) atoms. The van der Waals surface area contributed by atoms with Crippen molar-refractivity contribution in [1.82, 2.24) is 10.6 Å². The molecule has 1 aliphatic carbocycles. The van der Waals surface area contributed by atoms with E-state index in [1.54, 1.807) is 7.11 Å². The highest BCUT2D eigenvalue weighted by atomic mass is 16.5. The number of benzene rings is 1. The molecule has 4 heteroatoms. The number of carbonyl (C=O) groups is 1. The number of hydrogen-bond acceptors (Lipinski definition) is 2. The minimum Gasteiger partial charge on any atom is -0.383 e. The molecule has 0 radical (unpaired) electrons. The van der Waals surface area contributed by atoms with E-state index in [0.29, 0.717) is 18.6 Å². The lowest BCUT2D eigenvalue weighted by molar-refractivity contribution is 0.161. The number of carbonyl (C=O) groups excluding carboxylic acids is 1. The largest absolute Gasteiger partial charge is 0.383 e. The van der Waals surface area contributed by atoms with Crippen molar-refractivity contribution in [3.63, 3.8) is 0 Å². The number of nitrogens with one attached hydrogen (secondary N) is 2. The van der Waals surface area contributed by atoms with E-state index < -0.39 is 0 Å². The number of ether oxygens (including phenoxy) is 1. The molecule has 0 aliphatic heterocycles. The summed E-state index contributed by atoms with van der Waals surface area (Å²) in [6.45, 7) is 2.60. The van der Waals surface area contributed by atoms with Crippen molar-refractivity contribution in [2.24, 2.45) is 0 Å². The molecule has 0 spiro atoms. The zero-order valence-electron chi connectivity index (χ0n) is 12.3. The molecule has 2 N–H and O–H groups in total.